The lowest BCUT2D eigenvalue weighted by Crippen LogP contribution is -2.51. The van der Waals surface area contributed by atoms with E-state index in [-0.39, 0.29) is 28.9 Å². The Hall–Kier alpha value is -2.78. The molecule has 142 valence electrons. The van der Waals surface area contributed by atoms with Gasteiger partial charge in [-0.15, -0.1) is 0 Å². The van der Waals surface area contributed by atoms with Crippen molar-refractivity contribution < 1.29 is 5.11 Å². The molecule has 1 aliphatic heterocycles. The highest BCUT2D eigenvalue weighted by atomic mass is 35.5. The van der Waals surface area contributed by atoms with Crippen molar-refractivity contribution in [2.75, 3.05) is 34.8 Å². The quantitative estimate of drug-likeness (QED) is 0.529. The number of rotatable bonds is 4. The van der Waals surface area contributed by atoms with E-state index in [0.29, 0.717) is 18.9 Å². The lowest BCUT2D eigenvalue weighted by Gasteiger charge is -2.39. The number of nitrogen functional groups attached to an aromatic ring is 2. The number of nitrogens with one attached hydrogen (secondary N) is 1. The summed E-state index contributed by atoms with van der Waals surface area (Å²) in [5.74, 6) is 0.527. The number of aliphatic hydroxyl groups is 1. The Bertz CT molecular complexity index is 1010. The fourth-order valence-electron chi connectivity index (χ4n) is 3.27. The number of aromatic nitrogens is 4. The highest BCUT2D eigenvalue weighted by molar-refractivity contribution is 6.35. The van der Waals surface area contributed by atoms with Crippen LogP contribution >= 0.6 is 11.6 Å². The molecule has 9 nitrogen and oxygen atoms in total. The summed E-state index contributed by atoms with van der Waals surface area (Å²) in [7, 11) is 1.98. The molecule has 0 spiro atoms. The molecule has 1 aliphatic rings. The summed E-state index contributed by atoms with van der Waals surface area (Å²) in [5, 5.41) is 13.2. The number of aryl methyl sites for hydroxylation is 1. The maximum absolute atomic E-state index is 9.72. The van der Waals surface area contributed by atoms with Crippen LogP contribution in [0.25, 0.3) is 11.0 Å². The number of pyridine rings is 1. The number of nitrogens with zero attached hydrogens (tertiary/aromatic N) is 5. The van der Waals surface area contributed by atoms with Crippen molar-refractivity contribution in [1.29, 1.82) is 0 Å². The standard InChI is InChI=1S/C17H21ClN8O/c1-8(21-16-13(18)15(19)23-17(20)24-16)14-12(26-6-9(27)7-26)5-11-10(22-14)3-4-25(11)2/h3-5,8-9,27H,6-7H2,1-2H3,(H5,19,20,21,23,24). The van der Waals surface area contributed by atoms with Crippen LogP contribution in [0.3, 0.4) is 0 Å². The van der Waals surface area contributed by atoms with E-state index in [1.165, 1.54) is 0 Å². The number of hydrogen-bond acceptors (Lipinski definition) is 8. The van der Waals surface area contributed by atoms with E-state index in [1.54, 1.807) is 0 Å². The number of hydrogen-bond donors (Lipinski definition) is 4. The van der Waals surface area contributed by atoms with E-state index in [1.807, 2.05) is 30.8 Å². The molecule has 0 saturated carbocycles. The van der Waals surface area contributed by atoms with Crippen LogP contribution in [0.4, 0.5) is 23.3 Å². The first-order valence-corrected chi connectivity index (χ1v) is 8.95. The Balaban J connectivity index is 1.74. The fraction of sp³-hybridized carbons (Fsp3) is 0.353. The first-order valence-electron chi connectivity index (χ1n) is 8.57. The van der Waals surface area contributed by atoms with E-state index in [4.69, 9.17) is 28.1 Å². The van der Waals surface area contributed by atoms with Crippen molar-refractivity contribution >= 4 is 45.9 Å². The molecule has 3 aromatic heterocycles. The van der Waals surface area contributed by atoms with Crippen LogP contribution in [0.5, 0.6) is 0 Å². The Kier molecular flexibility index (Phi) is 4.20. The highest BCUT2D eigenvalue weighted by Gasteiger charge is 2.29. The second-order valence-electron chi connectivity index (χ2n) is 6.78. The fourth-order valence-corrected chi connectivity index (χ4v) is 3.40. The average molecular weight is 389 g/mol. The minimum Gasteiger partial charge on any atom is -0.389 e. The van der Waals surface area contributed by atoms with Gasteiger partial charge in [-0.1, -0.05) is 11.6 Å². The molecule has 10 heteroatoms. The third-order valence-electron chi connectivity index (χ3n) is 4.74. The molecule has 3 aromatic rings. The summed E-state index contributed by atoms with van der Waals surface area (Å²) >= 11 is 6.22. The molecule has 1 atom stereocenters. The van der Waals surface area contributed by atoms with Crippen LogP contribution in [0.2, 0.25) is 5.02 Å². The van der Waals surface area contributed by atoms with E-state index < -0.39 is 0 Å². The normalized spacial score (nSPS) is 15.8. The largest absolute Gasteiger partial charge is 0.389 e. The first-order chi connectivity index (χ1) is 12.8. The zero-order valence-corrected chi connectivity index (χ0v) is 15.8. The number of aliphatic hydroxyl groups excluding tert-OH is 1. The molecule has 0 amide bonds. The monoisotopic (exact) mass is 388 g/mol. The van der Waals surface area contributed by atoms with Crippen molar-refractivity contribution in [3.05, 3.63) is 29.0 Å². The molecule has 0 aliphatic carbocycles. The van der Waals surface area contributed by atoms with Gasteiger partial charge in [0.1, 0.15) is 10.8 Å². The van der Waals surface area contributed by atoms with Crippen LogP contribution < -0.4 is 21.7 Å². The zero-order valence-electron chi connectivity index (χ0n) is 15.0. The summed E-state index contributed by atoms with van der Waals surface area (Å²) in [6.45, 7) is 3.11. The number of β-amino-alcohol motifs (C(OH)–C–C–N with tert-alkyl or cyclic N) is 1. The predicted octanol–water partition coefficient (Wildman–Crippen LogP) is 1.54. The van der Waals surface area contributed by atoms with Crippen molar-refractivity contribution in [2.24, 2.45) is 7.05 Å². The minimum absolute atomic E-state index is 0.0455. The molecule has 0 bridgehead atoms. The maximum Gasteiger partial charge on any atom is 0.224 e. The van der Waals surface area contributed by atoms with Crippen LogP contribution in [0, 0.1) is 0 Å². The van der Waals surface area contributed by atoms with Gasteiger partial charge in [0.05, 0.1) is 34.6 Å². The van der Waals surface area contributed by atoms with Gasteiger partial charge in [0.15, 0.2) is 5.82 Å². The van der Waals surface area contributed by atoms with Gasteiger partial charge < -0.3 is 31.4 Å². The molecule has 4 rings (SSSR count). The molecule has 4 heterocycles. The van der Waals surface area contributed by atoms with Gasteiger partial charge >= 0.3 is 0 Å². The molecule has 1 fully saturated rings. The zero-order chi connectivity index (χ0) is 19.3. The van der Waals surface area contributed by atoms with Gasteiger partial charge in [0.2, 0.25) is 5.95 Å². The van der Waals surface area contributed by atoms with Crippen LogP contribution in [-0.2, 0) is 7.05 Å². The molecule has 27 heavy (non-hydrogen) atoms. The van der Waals surface area contributed by atoms with Crippen LogP contribution in [0.15, 0.2) is 18.3 Å². The Morgan fingerprint density at radius 3 is 2.74 bits per heavy atom. The number of anilines is 4. The van der Waals surface area contributed by atoms with Crippen molar-refractivity contribution in [3.63, 3.8) is 0 Å². The SMILES string of the molecule is CC(Nc1nc(N)nc(N)c1Cl)c1nc2ccn(C)c2cc1N1CC(O)C1. The number of fused-ring (bicyclic) bond motifs is 1. The summed E-state index contributed by atoms with van der Waals surface area (Å²) < 4.78 is 2.02. The van der Waals surface area contributed by atoms with E-state index in [0.717, 1.165) is 22.4 Å². The highest BCUT2D eigenvalue weighted by Crippen LogP contribution is 2.35. The van der Waals surface area contributed by atoms with Gasteiger partial charge in [-0.25, -0.2) is 4.98 Å². The molecule has 0 radical (unpaired) electrons. The molecular formula is C17H21ClN8O. The third kappa shape index (κ3) is 3.08. The molecule has 1 unspecified atom stereocenters. The lowest BCUT2D eigenvalue weighted by molar-refractivity contribution is 0.141. The molecule has 6 N–H and O–H groups in total. The Morgan fingerprint density at radius 1 is 1.30 bits per heavy atom. The van der Waals surface area contributed by atoms with Crippen LogP contribution in [-0.4, -0.2) is 43.8 Å². The van der Waals surface area contributed by atoms with Crippen molar-refractivity contribution in [1.82, 2.24) is 19.5 Å². The van der Waals surface area contributed by atoms with Gasteiger partial charge in [0.25, 0.3) is 0 Å². The van der Waals surface area contributed by atoms with Gasteiger partial charge in [-0.05, 0) is 19.1 Å². The second-order valence-corrected chi connectivity index (χ2v) is 7.16. The van der Waals surface area contributed by atoms with Gasteiger partial charge in [0, 0.05) is 26.3 Å². The second kappa shape index (κ2) is 6.43. The molecule has 1 saturated heterocycles. The van der Waals surface area contributed by atoms with E-state index in [2.05, 4.69) is 26.3 Å². The van der Waals surface area contributed by atoms with Crippen molar-refractivity contribution in [3.8, 4) is 0 Å². The minimum atomic E-state index is -0.318. The number of nitrogens with two attached hydrogens (primary N) is 2. The van der Waals surface area contributed by atoms with E-state index in [9.17, 15) is 5.11 Å². The topological polar surface area (TPSA) is 131 Å². The summed E-state index contributed by atoms with van der Waals surface area (Å²) in [4.78, 5) is 14.9. The lowest BCUT2D eigenvalue weighted by atomic mass is 10.1. The van der Waals surface area contributed by atoms with Gasteiger partial charge in [-0.2, -0.15) is 9.97 Å². The first kappa shape index (κ1) is 17.6. The Labute approximate surface area is 161 Å². The summed E-state index contributed by atoms with van der Waals surface area (Å²) in [6, 6.07) is 3.83. The molecular weight excluding hydrogens is 368 g/mol. The predicted molar refractivity (Wildman–Crippen MR) is 107 cm³/mol. The van der Waals surface area contributed by atoms with E-state index >= 15 is 0 Å². The maximum atomic E-state index is 9.72. The van der Waals surface area contributed by atoms with Gasteiger partial charge in [-0.3, -0.25) is 0 Å². The average Bonchev–Trinajstić information content (AvgIpc) is 2.95. The van der Waals surface area contributed by atoms with Crippen molar-refractivity contribution in [2.45, 2.75) is 19.1 Å². The Morgan fingerprint density at radius 2 is 2.04 bits per heavy atom. The summed E-state index contributed by atoms with van der Waals surface area (Å²) in [5.41, 5.74) is 15.2. The third-order valence-corrected chi connectivity index (χ3v) is 5.11. The summed E-state index contributed by atoms with van der Waals surface area (Å²) in [6.07, 6.45) is 1.65. The van der Waals surface area contributed by atoms with Crippen LogP contribution in [0.1, 0.15) is 18.7 Å². The smallest absolute Gasteiger partial charge is 0.224 e. The molecule has 0 aromatic carbocycles. The number of halogens is 1.